The van der Waals surface area contributed by atoms with Crippen LogP contribution in [0.15, 0.2) is 12.4 Å². The van der Waals surface area contributed by atoms with Gasteiger partial charge in [-0.3, -0.25) is 9.78 Å². The molecule has 5 nitrogen and oxygen atoms in total. The molecule has 0 bridgehead atoms. The minimum Gasteiger partial charge on any atom is -0.369 e. The molecule has 2 unspecified atom stereocenters. The predicted molar refractivity (Wildman–Crippen MR) is 84.2 cm³/mol. The number of carbonyl (C=O) groups excluding carboxylic acids is 1. The van der Waals surface area contributed by atoms with Crippen LogP contribution >= 0.6 is 0 Å². The maximum atomic E-state index is 12.3. The maximum Gasteiger partial charge on any atom is 0.271 e. The van der Waals surface area contributed by atoms with Gasteiger partial charge in [0.2, 0.25) is 0 Å². The van der Waals surface area contributed by atoms with Crippen molar-refractivity contribution in [1.82, 2.24) is 15.3 Å². The van der Waals surface area contributed by atoms with Gasteiger partial charge in [-0.1, -0.05) is 20.8 Å². The normalized spacial score (nSPS) is 25.4. The lowest BCUT2D eigenvalue weighted by Crippen LogP contribution is -2.40. The van der Waals surface area contributed by atoms with Crippen LogP contribution in [0.5, 0.6) is 0 Å². The van der Waals surface area contributed by atoms with Crippen LogP contribution in [0.25, 0.3) is 0 Å². The molecular formula is C16H26N4O. The van der Waals surface area contributed by atoms with Crippen LogP contribution in [0.4, 0.5) is 5.82 Å². The summed E-state index contributed by atoms with van der Waals surface area (Å²) >= 11 is 0. The third kappa shape index (κ3) is 4.69. The van der Waals surface area contributed by atoms with Gasteiger partial charge in [0.15, 0.2) is 0 Å². The summed E-state index contributed by atoms with van der Waals surface area (Å²) in [5.41, 5.74) is 0.391. The first-order chi connectivity index (χ1) is 10.1. The highest BCUT2D eigenvalue weighted by Gasteiger charge is 2.25. The van der Waals surface area contributed by atoms with Crippen LogP contribution in [0.2, 0.25) is 0 Å². The van der Waals surface area contributed by atoms with E-state index in [2.05, 4.69) is 41.4 Å². The molecule has 2 rings (SSSR count). The zero-order valence-corrected chi connectivity index (χ0v) is 13.2. The second kappa shape index (κ2) is 7.38. The van der Waals surface area contributed by atoms with Crippen molar-refractivity contribution in [2.45, 2.75) is 52.5 Å². The molecular weight excluding hydrogens is 264 g/mol. The first-order valence-electron chi connectivity index (χ1n) is 7.95. The van der Waals surface area contributed by atoms with Crippen LogP contribution in [0.1, 0.15) is 56.9 Å². The number of nitrogens with one attached hydrogen (secondary N) is 2. The number of nitrogens with zero attached hydrogens (tertiary/aromatic N) is 2. The molecule has 21 heavy (non-hydrogen) atoms. The Morgan fingerprint density at radius 1 is 1.24 bits per heavy atom. The first-order valence-corrected chi connectivity index (χ1v) is 7.95. The zero-order chi connectivity index (χ0) is 15.2. The molecule has 0 aliphatic heterocycles. The summed E-state index contributed by atoms with van der Waals surface area (Å²) in [5.74, 6) is 1.88. The number of carbonyl (C=O) groups is 1. The van der Waals surface area contributed by atoms with Crippen LogP contribution in [0, 0.1) is 11.8 Å². The number of hydrogen-bond acceptors (Lipinski definition) is 4. The third-order valence-corrected chi connectivity index (χ3v) is 3.94. The Bertz CT molecular complexity index is 467. The molecule has 2 N–H and O–H groups in total. The van der Waals surface area contributed by atoms with E-state index in [1.54, 1.807) is 6.20 Å². The van der Waals surface area contributed by atoms with E-state index in [-0.39, 0.29) is 11.9 Å². The van der Waals surface area contributed by atoms with E-state index >= 15 is 0 Å². The summed E-state index contributed by atoms with van der Waals surface area (Å²) in [6.45, 7) is 7.42. The molecule has 1 saturated carbocycles. The number of hydrogen-bond donors (Lipinski definition) is 2. The largest absolute Gasteiger partial charge is 0.369 e. The minimum atomic E-state index is -0.117. The third-order valence-electron chi connectivity index (χ3n) is 3.94. The first kappa shape index (κ1) is 15.7. The van der Waals surface area contributed by atoms with Gasteiger partial charge in [-0.25, -0.2) is 4.98 Å². The Labute approximate surface area is 127 Å². The van der Waals surface area contributed by atoms with Crippen molar-refractivity contribution in [2.24, 2.45) is 11.8 Å². The van der Waals surface area contributed by atoms with E-state index in [1.165, 1.54) is 12.6 Å². The zero-order valence-electron chi connectivity index (χ0n) is 13.2. The summed E-state index contributed by atoms with van der Waals surface area (Å²) < 4.78 is 0. The highest BCUT2D eigenvalue weighted by atomic mass is 16.1. The monoisotopic (exact) mass is 290 g/mol. The molecule has 1 aromatic rings. The molecule has 1 aromatic heterocycles. The highest BCUT2D eigenvalue weighted by Crippen LogP contribution is 2.28. The molecule has 1 heterocycles. The lowest BCUT2D eigenvalue weighted by atomic mass is 9.80. The molecule has 116 valence electrons. The molecule has 1 fully saturated rings. The van der Waals surface area contributed by atoms with Gasteiger partial charge >= 0.3 is 0 Å². The Morgan fingerprint density at radius 2 is 1.95 bits per heavy atom. The second-order valence-corrected chi connectivity index (χ2v) is 6.30. The lowest BCUT2D eigenvalue weighted by Gasteiger charge is -2.31. The van der Waals surface area contributed by atoms with Crippen LogP contribution in [-0.2, 0) is 0 Å². The summed E-state index contributed by atoms with van der Waals surface area (Å²) in [6, 6.07) is 0.255. The molecule has 2 atom stereocenters. The maximum absolute atomic E-state index is 12.3. The van der Waals surface area contributed by atoms with E-state index in [0.29, 0.717) is 23.3 Å². The Balaban J connectivity index is 1.96. The molecule has 1 aliphatic rings. The highest BCUT2D eigenvalue weighted by molar-refractivity contribution is 5.92. The van der Waals surface area contributed by atoms with Crippen molar-refractivity contribution in [3.8, 4) is 0 Å². The topological polar surface area (TPSA) is 66.9 Å². The van der Waals surface area contributed by atoms with Gasteiger partial charge in [-0.2, -0.15) is 0 Å². The van der Waals surface area contributed by atoms with E-state index in [0.717, 1.165) is 25.8 Å². The van der Waals surface area contributed by atoms with Gasteiger partial charge in [0, 0.05) is 12.6 Å². The van der Waals surface area contributed by atoms with Crippen molar-refractivity contribution in [3.63, 3.8) is 0 Å². The number of anilines is 1. The fraction of sp³-hybridized carbons (Fsp3) is 0.688. The number of rotatable bonds is 5. The lowest BCUT2D eigenvalue weighted by molar-refractivity contribution is 0.0906. The van der Waals surface area contributed by atoms with Crippen LogP contribution < -0.4 is 10.6 Å². The minimum absolute atomic E-state index is 0.117. The average Bonchev–Trinajstić information content (AvgIpc) is 2.44. The van der Waals surface area contributed by atoms with Crippen LogP contribution in [0.3, 0.4) is 0 Å². The van der Waals surface area contributed by atoms with E-state index < -0.39 is 0 Å². The molecule has 0 saturated heterocycles. The van der Waals surface area contributed by atoms with Gasteiger partial charge in [-0.05, 0) is 37.5 Å². The molecule has 5 heteroatoms. The number of aromatic nitrogens is 2. The fourth-order valence-electron chi connectivity index (χ4n) is 3.14. The fourth-order valence-corrected chi connectivity index (χ4v) is 3.14. The van der Waals surface area contributed by atoms with Crippen molar-refractivity contribution < 1.29 is 4.79 Å². The molecule has 0 spiro atoms. The van der Waals surface area contributed by atoms with Crippen molar-refractivity contribution in [3.05, 3.63) is 18.1 Å². The molecule has 0 aromatic carbocycles. The summed E-state index contributed by atoms with van der Waals surface area (Å²) in [4.78, 5) is 20.7. The van der Waals surface area contributed by atoms with Crippen molar-refractivity contribution in [2.75, 3.05) is 11.9 Å². The SMILES string of the molecule is CCCNc1cncc(C(=O)NC2CC(C)CC(C)C2)n1. The summed E-state index contributed by atoms with van der Waals surface area (Å²) in [6.07, 6.45) is 7.55. The van der Waals surface area contributed by atoms with Crippen molar-refractivity contribution >= 4 is 11.7 Å². The molecule has 1 aliphatic carbocycles. The van der Waals surface area contributed by atoms with Gasteiger partial charge in [0.05, 0.1) is 12.4 Å². The van der Waals surface area contributed by atoms with E-state index in [4.69, 9.17) is 0 Å². The molecule has 1 amide bonds. The van der Waals surface area contributed by atoms with Crippen molar-refractivity contribution in [1.29, 1.82) is 0 Å². The Morgan fingerprint density at radius 3 is 2.62 bits per heavy atom. The number of amides is 1. The van der Waals surface area contributed by atoms with Crippen LogP contribution in [-0.4, -0.2) is 28.5 Å². The van der Waals surface area contributed by atoms with Gasteiger partial charge in [0.25, 0.3) is 5.91 Å². The Kier molecular flexibility index (Phi) is 5.53. The van der Waals surface area contributed by atoms with Gasteiger partial charge < -0.3 is 10.6 Å². The van der Waals surface area contributed by atoms with E-state index in [9.17, 15) is 4.79 Å². The summed E-state index contributed by atoms with van der Waals surface area (Å²) in [7, 11) is 0. The standard InChI is InChI=1S/C16H26N4O/c1-4-5-18-15-10-17-9-14(20-15)16(21)19-13-7-11(2)6-12(3)8-13/h9-13H,4-8H2,1-3H3,(H,18,20)(H,19,21). The average molecular weight is 290 g/mol. The predicted octanol–water partition coefficient (Wildman–Crippen LogP) is 2.85. The van der Waals surface area contributed by atoms with E-state index in [1.807, 2.05) is 0 Å². The quantitative estimate of drug-likeness (QED) is 0.875. The van der Waals surface area contributed by atoms with Gasteiger partial charge in [0.1, 0.15) is 11.5 Å². The Hall–Kier alpha value is -1.65. The second-order valence-electron chi connectivity index (χ2n) is 6.30. The molecule has 0 radical (unpaired) electrons. The van der Waals surface area contributed by atoms with Gasteiger partial charge in [-0.15, -0.1) is 0 Å². The summed E-state index contributed by atoms with van der Waals surface area (Å²) in [5, 5.41) is 6.26. The smallest absolute Gasteiger partial charge is 0.271 e.